The van der Waals surface area contributed by atoms with Crippen molar-refractivity contribution >= 4 is 23.5 Å². The minimum Gasteiger partial charge on any atom is -0.347 e. The number of anilines is 1. The molecule has 0 spiro atoms. The zero-order chi connectivity index (χ0) is 17.8. The molecule has 25 heavy (non-hydrogen) atoms. The van der Waals surface area contributed by atoms with Gasteiger partial charge in [-0.3, -0.25) is 4.79 Å². The van der Waals surface area contributed by atoms with Crippen LogP contribution >= 0.6 is 11.6 Å². The summed E-state index contributed by atoms with van der Waals surface area (Å²) in [4.78, 5) is 23.8. The maximum atomic E-state index is 12.9. The summed E-state index contributed by atoms with van der Waals surface area (Å²) in [6.07, 6.45) is 7.34. The third-order valence-electron chi connectivity index (χ3n) is 7.43. The van der Waals surface area contributed by atoms with Crippen LogP contribution in [0.2, 0.25) is 5.02 Å². The van der Waals surface area contributed by atoms with Gasteiger partial charge in [-0.05, 0) is 48.9 Å². The monoisotopic (exact) mass is 362 g/mol. The molecule has 3 aliphatic rings. The first kappa shape index (κ1) is 17.1. The summed E-state index contributed by atoms with van der Waals surface area (Å²) in [6, 6.07) is 0.190. The number of carbonyl (C=O) groups is 1. The number of nitrogens with one attached hydrogen (secondary N) is 1. The predicted molar refractivity (Wildman–Crippen MR) is 99.0 cm³/mol. The first-order chi connectivity index (χ1) is 11.8. The van der Waals surface area contributed by atoms with E-state index in [0.29, 0.717) is 22.6 Å². The lowest BCUT2D eigenvalue weighted by atomic mass is 9.69. The minimum atomic E-state index is -0.164. The fourth-order valence-corrected chi connectivity index (χ4v) is 5.41. The minimum absolute atomic E-state index is 0.143. The zero-order valence-corrected chi connectivity index (χ0v) is 16.1. The van der Waals surface area contributed by atoms with Crippen LogP contribution in [0.25, 0.3) is 0 Å². The van der Waals surface area contributed by atoms with Crippen molar-refractivity contribution < 1.29 is 4.79 Å². The van der Waals surface area contributed by atoms with E-state index in [1.807, 2.05) is 0 Å². The van der Waals surface area contributed by atoms with Gasteiger partial charge >= 0.3 is 0 Å². The molecule has 1 aromatic heterocycles. The molecule has 0 unspecified atom stereocenters. The van der Waals surface area contributed by atoms with Crippen LogP contribution in [-0.2, 0) is 0 Å². The first-order valence-corrected chi connectivity index (χ1v) is 9.79. The second kappa shape index (κ2) is 5.83. The summed E-state index contributed by atoms with van der Waals surface area (Å²) in [5.41, 5.74) is 0.717. The highest BCUT2D eigenvalue weighted by atomic mass is 35.5. The standard InChI is InChI=1S/C19H27ClN4O/c1-18(2)12-6-7-19(18,3)14(10-12)22-16(25)15-13(20)11-21-17(23-15)24-8-4-5-9-24/h11-12,14H,4-10H2,1-3H3,(H,22,25)/t12-,14-,19-/m0/s1. The summed E-state index contributed by atoms with van der Waals surface area (Å²) >= 11 is 6.25. The van der Waals surface area contributed by atoms with E-state index in [1.165, 1.54) is 12.8 Å². The van der Waals surface area contributed by atoms with Gasteiger partial charge in [0.15, 0.2) is 5.69 Å². The molecule has 2 bridgehead atoms. The van der Waals surface area contributed by atoms with E-state index < -0.39 is 0 Å². The number of nitrogens with zero attached hydrogens (tertiary/aromatic N) is 3. The highest BCUT2D eigenvalue weighted by Crippen LogP contribution is 2.65. The molecular weight excluding hydrogens is 336 g/mol. The summed E-state index contributed by atoms with van der Waals surface area (Å²) in [5, 5.41) is 3.58. The smallest absolute Gasteiger partial charge is 0.271 e. The Morgan fingerprint density at radius 3 is 2.64 bits per heavy atom. The maximum Gasteiger partial charge on any atom is 0.271 e. The van der Waals surface area contributed by atoms with Crippen LogP contribution in [0.15, 0.2) is 6.20 Å². The van der Waals surface area contributed by atoms with E-state index in [1.54, 1.807) is 6.20 Å². The van der Waals surface area contributed by atoms with Crippen molar-refractivity contribution in [2.24, 2.45) is 16.7 Å². The maximum absolute atomic E-state index is 12.9. The molecule has 1 saturated heterocycles. The van der Waals surface area contributed by atoms with E-state index in [4.69, 9.17) is 11.6 Å². The van der Waals surface area contributed by atoms with Gasteiger partial charge in [0, 0.05) is 19.1 Å². The number of halogens is 1. The van der Waals surface area contributed by atoms with Gasteiger partial charge < -0.3 is 10.2 Å². The number of carbonyl (C=O) groups excluding carboxylic acids is 1. The van der Waals surface area contributed by atoms with Crippen LogP contribution in [0.5, 0.6) is 0 Å². The Balaban J connectivity index is 1.55. The third-order valence-corrected chi connectivity index (χ3v) is 7.71. The molecule has 6 heteroatoms. The first-order valence-electron chi connectivity index (χ1n) is 9.41. The number of amides is 1. The van der Waals surface area contributed by atoms with E-state index in [0.717, 1.165) is 32.4 Å². The van der Waals surface area contributed by atoms with Crippen molar-refractivity contribution in [3.05, 3.63) is 16.9 Å². The average Bonchev–Trinajstić information content (AvgIpc) is 3.22. The van der Waals surface area contributed by atoms with Gasteiger partial charge in [-0.25, -0.2) is 9.97 Å². The van der Waals surface area contributed by atoms with Crippen LogP contribution in [-0.4, -0.2) is 35.0 Å². The zero-order valence-electron chi connectivity index (χ0n) is 15.3. The van der Waals surface area contributed by atoms with E-state index in [2.05, 4.69) is 41.0 Å². The fraction of sp³-hybridized carbons (Fsp3) is 0.737. The molecule has 1 aliphatic heterocycles. The molecule has 2 heterocycles. The van der Waals surface area contributed by atoms with Gasteiger partial charge in [-0.15, -0.1) is 0 Å². The molecule has 0 radical (unpaired) electrons. The Bertz CT molecular complexity index is 701. The molecule has 3 atom stereocenters. The van der Waals surface area contributed by atoms with Crippen molar-refractivity contribution in [1.29, 1.82) is 0 Å². The molecule has 1 aromatic rings. The van der Waals surface area contributed by atoms with E-state index >= 15 is 0 Å². The Hall–Kier alpha value is -1.36. The number of hydrogen-bond acceptors (Lipinski definition) is 4. The van der Waals surface area contributed by atoms with Crippen LogP contribution in [0.3, 0.4) is 0 Å². The molecule has 5 nitrogen and oxygen atoms in total. The van der Waals surface area contributed by atoms with Crippen LogP contribution < -0.4 is 10.2 Å². The van der Waals surface area contributed by atoms with Gasteiger partial charge in [0.1, 0.15) is 0 Å². The molecule has 2 saturated carbocycles. The normalized spacial score (nSPS) is 33.0. The summed E-state index contributed by atoms with van der Waals surface area (Å²) < 4.78 is 0. The highest BCUT2D eigenvalue weighted by molar-refractivity contribution is 6.33. The molecule has 1 N–H and O–H groups in total. The largest absolute Gasteiger partial charge is 0.347 e. The van der Waals surface area contributed by atoms with Crippen molar-refractivity contribution in [2.45, 2.75) is 58.9 Å². The van der Waals surface area contributed by atoms with Crippen LogP contribution in [0, 0.1) is 16.7 Å². The number of fused-ring (bicyclic) bond motifs is 2. The SMILES string of the molecule is CC1(C)[C@H]2CC[C@@]1(C)[C@@H](NC(=O)c1nc(N3CCCC3)ncc1Cl)C2. The van der Waals surface area contributed by atoms with Crippen LogP contribution in [0.1, 0.15) is 63.4 Å². The van der Waals surface area contributed by atoms with Crippen molar-refractivity contribution in [1.82, 2.24) is 15.3 Å². The lowest BCUT2D eigenvalue weighted by Gasteiger charge is -2.39. The lowest BCUT2D eigenvalue weighted by Crippen LogP contribution is -2.47. The van der Waals surface area contributed by atoms with Gasteiger partial charge in [-0.2, -0.15) is 0 Å². The van der Waals surface area contributed by atoms with E-state index in [9.17, 15) is 4.79 Å². The molecule has 1 amide bonds. The third kappa shape index (κ3) is 2.54. The second-order valence-electron chi connectivity index (χ2n) is 8.70. The van der Waals surface area contributed by atoms with Crippen LogP contribution in [0.4, 0.5) is 5.95 Å². The molecule has 0 aromatic carbocycles. The molecule has 2 aliphatic carbocycles. The molecule has 136 valence electrons. The fourth-order valence-electron chi connectivity index (χ4n) is 5.24. The molecule has 3 fully saturated rings. The summed E-state index contributed by atoms with van der Waals surface area (Å²) in [6.45, 7) is 8.90. The highest BCUT2D eigenvalue weighted by Gasteiger charge is 2.61. The van der Waals surface area contributed by atoms with E-state index in [-0.39, 0.29) is 22.8 Å². The second-order valence-corrected chi connectivity index (χ2v) is 9.10. The topological polar surface area (TPSA) is 58.1 Å². The Morgan fingerprint density at radius 1 is 1.32 bits per heavy atom. The number of hydrogen-bond donors (Lipinski definition) is 1. The van der Waals surface area contributed by atoms with Crippen molar-refractivity contribution in [3.8, 4) is 0 Å². The predicted octanol–water partition coefficient (Wildman–Crippen LogP) is 3.67. The van der Waals surface area contributed by atoms with Gasteiger partial charge in [0.2, 0.25) is 5.95 Å². The van der Waals surface area contributed by atoms with Crippen molar-refractivity contribution in [2.75, 3.05) is 18.0 Å². The molecule has 4 rings (SSSR count). The number of rotatable bonds is 3. The van der Waals surface area contributed by atoms with Gasteiger partial charge in [0.05, 0.1) is 11.2 Å². The van der Waals surface area contributed by atoms with Gasteiger partial charge in [0.25, 0.3) is 5.91 Å². The summed E-state index contributed by atoms with van der Waals surface area (Å²) in [7, 11) is 0. The Morgan fingerprint density at radius 2 is 2.04 bits per heavy atom. The summed E-state index contributed by atoms with van der Waals surface area (Å²) in [5.74, 6) is 1.14. The number of aromatic nitrogens is 2. The molecular formula is C19H27ClN4O. The quantitative estimate of drug-likeness (QED) is 0.891. The average molecular weight is 363 g/mol. The Kier molecular flexibility index (Phi) is 3.98. The van der Waals surface area contributed by atoms with Gasteiger partial charge in [-0.1, -0.05) is 32.4 Å². The van der Waals surface area contributed by atoms with Crippen molar-refractivity contribution in [3.63, 3.8) is 0 Å². The lowest BCUT2D eigenvalue weighted by molar-refractivity contribution is 0.0821. The Labute approximate surface area is 154 Å².